The van der Waals surface area contributed by atoms with Gasteiger partial charge in [-0.1, -0.05) is 23.7 Å². The van der Waals surface area contributed by atoms with E-state index in [-0.39, 0.29) is 18.1 Å². The van der Waals surface area contributed by atoms with Crippen molar-refractivity contribution in [1.82, 2.24) is 19.2 Å². The predicted molar refractivity (Wildman–Crippen MR) is 126 cm³/mol. The van der Waals surface area contributed by atoms with Crippen molar-refractivity contribution in [3.63, 3.8) is 0 Å². The quantitative estimate of drug-likeness (QED) is 0.427. The van der Waals surface area contributed by atoms with E-state index < -0.39 is 11.6 Å². The molecule has 34 heavy (non-hydrogen) atoms. The highest BCUT2D eigenvalue weighted by Crippen LogP contribution is 2.36. The molecule has 11 heteroatoms. The van der Waals surface area contributed by atoms with Gasteiger partial charge in [0.2, 0.25) is 11.6 Å². The molecule has 0 atom stereocenters. The Morgan fingerprint density at radius 1 is 1.12 bits per heavy atom. The zero-order valence-corrected chi connectivity index (χ0v) is 19.7. The number of ether oxygens (including phenoxy) is 3. The molecule has 0 spiro atoms. The summed E-state index contributed by atoms with van der Waals surface area (Å²) < 4.78 is 18.7. The van der Waals surface area contributed by atoms with Crippen molar-refractivity contribution in [2.75, 3.05) is 19.5 Å². The van der Waals surface area contributed by atoms with Crippen molar-refractivity contribution in [3.05, 3.63) is 69.4 Å². The first kappa shape index (κ1) is 23.1. The number of aryl methyl sites for hydroxylation is 1. The van der Waals surface area contributed by atoms with Crippen LogP contribution in [0.1, 0.15) is 11.1 Å². The molecule has 0 aliphatic carbocycles. The SMILES string of the molecule is COc1cc(OC)c(NC(=O)Cn2nc3c(Oc4cccc(C)c4C)nccn3c2=O)cc1Cl. The molecule has 4 rings (SSSR count). The molecule has 2 aromatic heterocycles. The maximum atomic E-state index is 12.8. The fraction of sp³-hybridized carbons (Fsp3) is 0.217. The Morgan fingerprint density at radius 3 is 2.62 bits per heavy atom. The monoisotopic (exact) mass is 483 g/mol. The van der Waals surface area contributed by atoms with Crippen molar-refractivity contribution < 1.29 is 19.0 Å². The number of carbonyl (C=O) groups is 1. The van der Waals surface area contributed by atoms with Gasteiger partial charge in [0.15, 0.2) is 0 Å². The second kappa shape index (κ2) is 9.44. The fourth-order valence-corrected chi connectivity index (χ4v) is 3.56. The molecule has 0 saturated heterocycles. The van der Waals surface area contributed by atoms with Gasteiger partial charge in [-0.3, -0.25) is 4.79 Å². The Kier molecular flexibility index (Phi) is 6.42. The van der Waals surface area contributed by atoms with Gasteiger partial charge in [-0.25, -0.2) is 18.9 Å². The zero-order valence-electron chi connectivity index (χ0n) is 19.0. The molecule has 0 saturated carbocycles. The number of aromatic nitrogens is 4. The lowest BCUT2D eigenvalue weighted by Crippen LogP contribution is -2.28. The van der Waals surface area contributed by atoms with Gasteiger partial charge >= 0.3 is 5.69 Å². The number of benzene rings is 2. The number of anilines is 1. The molecule has 0 aliphatic rings. The van der Waals surface area contributed by atoms with Crippen molar-refractivity contribution in [2.24, 2.45) is 0 Å². The predicted octanol–water partition coefficient (Wildman–Crippen LogP) is 3.61. The van der Waals surface area contributed by atoms with Crippen molar-refractivity contribution >= 4 is 28.8 Å². The molecule has 0 aliphatic heterocycles. The fourth-order valence-electron chi connectivity index (χ4n) is 3.32. The second-order valence-electron chi connectivity index (χ2n) is 7.40. The van der Waals surface area contributed by atoms with E-state index in [2.05, 4.69) is 15.4 Å². The summed E-state index contributed by atoms with van der Waals surface area (Å²) in [6.07, 6.45) is 2.90. The number of hydrogen-bond acceptors (Lipinski definition) is 7. The smallest absolute Gasteiger partial charge is 0.351 e. The maximum absolute atomic E-state index is 12.8. The highest BCUT2D eigenvalue weighted by molar-refractivity contribution is 6.32. The lowest BCUT2D eigenvalue weighted by molar-refractivity contribution is -0.117. The number of hydrogen-bond donors (Lipinski definition) is 1. The average molecular weight is 484 g/mol. The van der Waals surface area contributed by atoms with Crippen LogP contribution in [-0.2, 0) is 11.3 Å². The third-order valence-corrected chi connectivity index (χ3v) is 5.57. The Labute approximate surface area is 199 Å². The van der Waals surface area contributed by atoms with Crippen LogP contribution in [0.25, 0.3) is 5.65 Å². The largest absolute Gasteiger partial charge is 0.495 e. The van der Waals surface area contributed by atoms with Crippen LogP contribution >= 0.6 is 11.6 Å². The topological polar surface area (TPSA) is 109 Å². The Hall–Kier alpha value is -4.05. The molecule has 2 heterocycles. The zero-order chi connectivity index (χ0) is 24.4. The van der Waals surface area contributed by atoms with Crippen LogP contribution in [0, 0.1) is 13.8 Å². The van der Waals surface area contributed by atoms with Crippen LogP contribution in [0.3, 0.4) is 0 Å². The molecule has 10 nitrogen and oxygen atoms in total. The number of nitrogens with zero attached hydrogens (tertiary/aromatic N) is 4. The first-order valence-corrected chi connectivity index (χ1v) is 10.6. The Bertz CT molecular complexity index is 1450. The van der Waals surface area contributed by atoms with Gasteiger partial charge in [0.1, 0.15) is 23.8 Å². The standard InChI is InChI=1S/C23H22ClN5O5/c1-13-6-5-7-17(14(13)2)34-22-21-27-29(23(31)28(21)9-8-25-22)12-20(30)26-16-10-15(24)18(32-3)11-19(16)33-4/h5-11H,12H2,1-4H3,(H,26,30). The highest BCUT2D eigenvalue weighted by atomic mass is 35.5. The van der Waals surface area contributed by atoms with E-state index in [1.165, 1.54) is 37.1 Å². The van der Waals surface area contributed by atoms with E-state index in [0.717, 1.165) is 15.8 Å². The summed E-state index contributed by atoms with van der Waals surface area (Å²) in [5.41, 5.74) is 2.00. The molecule has 2 aromatic carbocycles. The first-order valence-electron chi connectivity index (χ1n) is 10.2. The van der Waals surface area contributed by atoms with Crippen molar-refractivity contribution in [1.29, 1.82) is 0 Å². The minimum atomic E-state index is -0.516. The minimum Gasteiger partial charge on any atom is -0.495 e. The van der Waals surface area contributed by atoms with Gasteiger partial charge in [-0.05, 0) is 37.1 Å². The number of rotatable bonds is 7. The third kappa shape index (κ3) is 4.40. The lowest BCUT2D eigenvalue weighted by Gasteiger charge is -2.13. The summed E-state index contributed by atoms with van der Waals surface area (Å²) in [5, 5.41) is 7.25. The Morgan fingerprint density at radius 2 is 1.88 bits per heavy atom. The van der Waals surface area contributed by atoms with E-state index in [9.17, 15) is 9.59 Å². The molecule has 0 radical (unpaired) electrons. The van der Waals surface area contributed by atoms with Gasteiger partial charge in [-0.2, -0.15) is 0 Å². The first-order chi connectivity index (χ1) is 16.3. The lowest BCUT2D eigenvalue weighted by atomic mass is 10.1. The normalized spacial score (nSPS) is 10.9. The summed E-state index contributed by atoms with van der Waals surface area (Å²) in [7, 11) is 2.93. The molecule has 0 bridgehead atoms. The number of methoxy groups -OCH3 is 2. The average Bonchev–Trinajstić information content (AvgIpc) is 3.13. The van der Waals surface area contributed by atoms with Crippen molar-refractivity contribution in [2.45, 2.75) is 20.4 Å². The molecular weight excluding hydrogens is 462 g/mol. The number of fused-ring (bicyclic) bond motifs is 1. The summed E-state index contributed by atoms with van der Waals surface area (Å²) in [6, 6.07) is 8.70. The van der Waals surface area contributed by atoms with Crippen molar-refractivity contribution in [3.8, 4) is 23.1 Å². The van der Waals surface area contributed by atoms with Crippen LogP contribution in [0.2, 0.25) is 5.02 Å². The van der Waals surface area contributed by atoms with Gasteiger partial charge < -0.3 is 19.5 Å². The number of amides is 1. The van der Waals surface area contributed by atoms with E-state index in [0.29, 0.717) is 28.0 Å². The van der Waals surface area contributed by atoms with Gasteiger partial charge in [0.25, 0.3) is 5.88 Å². The van der Waals surface area contributed by atoms with Crippen LogP contribution in [0.15, 0.2) is 47.5 Å². The summed E-state index contributed by atoms with van der Waals surface area (Å²) >= 11 is 6.16. The second-order valence-corrected chi connectivity index (χ2v) is 7.81. The van der Waals surface area contributed by atoms with E-state index in [4.69, 9.17) is 25.8 Å². The summed E-state index contributed by atoms with van der Waals surface area (Å²) in [6.45, 7) is 3.55. The Balaban J connectivity index is 1.61. The number of halogens is 1. The van der Waals surface area contributed by atoms with E-state index in [1.54, 1.807) is 6.07 Å². The van der Waals surface area contributed by atoms with Gasteiger partial charge in [0, 0.05) is 18.5 Å². The molecule has 1 amide bonds. The molecule has 4 aromatic rings. The van der Waals surface area contributed by atoms with Gasteiger partial charge in [-0.15, -0.1) is 5.10 Å². The number of nitrogens with one attached hydrogen (secondary N) is 1. The van der Waals surface area contributed by atoms with Crippen LogP contribution in [0.4, 0.5) is 5.69 Å². The number of carbonyl (C=O) groups excluding carboxylic acids is 1. The van der Waals surface area contributed by atoms with Crippen LogP contribution in [-0.4, -0.2) is 39.3 Å². The van der Waals surface area contributed by atoms with Crippen LogP contribution in [0.5, 0.6) is 23.1 Å². The summed E-state index contributed by atoms with van der Waals surface area (Å²) in [4.78, 5) is 29.8. The minimum absolute atomic E-state index is 0.149. The molecule has 0 fully saturated rings. The molecule has 176 valence electrons. The maximum Gasteiger partial charge on any atom is 0.351 e. The highest BCUT2D eigenvalue weighted by Gasteiger charge is 2.18. The molecule has 0 unspecified atom stereocenters. The van der Waals surface area contributed by atoms with Crippen LogP contribution < -0.4 is 25.2 Å². The van der Waals surface area contributed by atoms with E-state index in [1.807, 2.05) is 32.0 Å². The third-order valence-electron chi connectivity index (χ3n) is 5.27. The molecule has 1 N–H and O–H groups in total. The summed E-state index contributed by atoms with van der Waals surface area (Å²) in [5.74, 6) is 0.997. The van der Waals surface area contributed by atoms with E-state index >= 15 is 0 Å². The van der Waals surface area contributed by atoms with Gasteiger partial charge in [0.05, 0.1) is 24.9 Å². The molecular formula is C23H22ClN5O5.